The first-order chi connectivity index (χ1) is 11.6. The predicted octanol–water partition coefficient (Wildman–Crippen LogP) is 4.27. The Kier molecular flexibility index (Phi) is 5.43. The Labute approximate surface area is 149 Å². The molecule has 1 aliphatic rings. The van der Waals surface area contributed by atoms with Crippen LogP contribution in [0, 0.1) is 11.7 Å². The molecule has 128 valence electrons. The number of hydrogen-bond donors (Lipinski definition) is 1. The van der Waals surface area contributed by atoms with E-state index in [1.54, 1.807) is 12.4 Å². The second kappa shape index (κ2) is 7.55. The summed E-state index contributed by atoms with van der Waals surface area (Å²) < 4.78 is 25.3. The number of benzene rings is 1. The van der Waals surface area contributed by atoms with Gasteiger partial charge in [0.1, 0.15) is 11.9 Å². The van der Waals surface area contributed by atoms with E-state index in [1.807, 2.05) is 6.07 Å². The highest BCUT2D eigenvalue weighted by molar-refractivity contribution is 6.31. The molecule has 7 heteroatoms. The van der Waals surface area contributed by atoms with Gasteiger partial charge in [0.2, 0.25) is 0 Å². The van der Waals surface area contributed by atoms with Crippen molar-refractivity contribution in [1.82, 2.24) is 10.3 Å². The van der Waals surface area contributed by atoms with Crippen LogP contribution in [0.2, 0.25) is 10.0 Å². The summed E-state index contributed by atoms with van der Waals surface area (Å²) >= 11 is 11.9. The van der Waals surface area contributed by atoms with Gasteiger partial charge in [0.15, 0.2) is 11.5 Å². The molecular weight excluding hydrogens is 354 g/mol. The van der Waals surface area contributed by atoms with Crippen LogP contribution >= 0.6 is 23.2 Å². The van der Waals surface area contributed by atoms with Crippen LogP contribution in [0.1, 0.15) is 18.1 Å². The lowest BCUT2D eigenvalue weighted by molar-refractivity contribution is 0.138. The van der Waals surface area contributed by atoms with Gasteiger partial charge in [-0.05, 0) is 19.0 Å². The number of hydrogen-bond acceptors (Lipinski definition) is 4. The van der Waals surface area contributed by atoms with Gasteiger partial charge in [0, 0.05) is 42.6 Å². The highest BCUT2D eigenvalue weighted by Gasteiger charge is 2.29. The molecule has 1 unspecified atom stereocenters. The maximum Gasteiger partial charge on any atom is 0.165 e. The van der Waals surface area contributed by atoms with Crippen molar-refractivity contribution in [1.29, 1.82) is 0 Å². The van der Waals surface area contributed by atoms with Crippen molar-refractivity contribution in [2.45, 2.75) is 12.5 Å². The summed E-state index contributed by atoms with van der Waals surface area (Å²) in [5.74, 6) is 0.345. The lowest BCUT2D eigenvalue weighted by Crippen LogP contribution is -2.22. The molecule has 4 nitrogen and oxygen atoms in total. The summed E-state index contributed by atoms with van der Waals surface area (Å²) in [6.45, 7) is 1.71. The number of nitrogens with zero attached hydrogens (tertiary/aromatic N) is 1. The third kappa shape index (κ3) is 3.74. The Bertz CT molecular complexity index is 724. The van der Waals surface area contributed by atoms with Gasteiger partial charge < -0.3 is 14.8 Å². The number of ether oxygens (including phenoxy) is 2. The van der Waals surface area contributed by atoms with Crippen LogP contribution in [0.4, 0.5) is 4.39 Å². The first-order valence-corrected chi connectivity index (χ1v) is 8.35. The summed E-state index contributed by atoms with van der Waals surface area (Å²) in [4.78, 5) is 4.13. The number of rotatable bonds is 5. The largest absolute Gasteiger partial charge is 0.493 e. The molecule has 1 aromatic carbocycles. The minimum Gasteiger partial charge on any atom is -0.493 e. The first kappa shape index (κ1) is 17.3. The number of methoxy groups -OCH3 is 1. The lowest BCUT2D eigenvalue weighted by atomic mass is 9.96. The molecule has 0 saturated carbocycles. The summed E-state index contributed by atoms with van der Waals surface area (Å²) in [5, 5.41) is 3.83. The van der Waals surface area contributed by atoms with Crippen molar-refractivity contribution < 1.29 is 13.9 Å². The van der Waals surface area contributed by atoms with Crippen LogP contribution in [0.15, 0.2) is 30.6 Å². The molecule has 0 spiro atoms. The Morgan fingerprint density at radius 1 is 1.25 bits per heavy atom. The van der Waals surface area contributed by atoms with Gasteiger partial charge in [-0.15, -0.1) is 0 Å². The van der Waals surface area contributed by atoms with E-state index in [4.69, 9.17) is 32.7 Å². The zero-order valence-electron chi connectivity index (χ0n) is 13.1. The summed E-state index contributed by atoms with van der Waals surface area (Å²) in [6, 6.07) is 4.47. The van der Waals surface area contributed by atoms with Crippen molar-refractivity contribution in [2.24, 2.45) is 5.92 Å². The van der Waals surface area contributed by atoms with E-state index >= 15 is 0 Å². The van der Waals surface area contributed by atoms with Crippen LogP contribution < -0.4 is 14.8 Å². The SMILES string of the molecule is COc1cc(Cl)c(F)cc1O[C@H](c1cncc(Cl)c1)C1CCNC1. The zero-order valence-corrected chi connectivity index (χ0v) is 14.6. The fraction of sp³-hybridized carbons (Fsp3) is 0.353. The van der Waals surface area contributed by atoms with Gasteiger partial charge in [-0.25, -0.2) is 4.39 Å². The maximum absolute atomic E-state index is 13.9. The average molecular weight is 371 g/mol. The molecule has 24 heavy (non-hydrogen) atoms. The van der Waals surface area contributed by atoms with Gasteiger partial charge >= 0.3 is 0 Å². The van der Waals surface area contributed by atoms with Crippen LogP contribution in [-0.2, 0) is 0 Å². The minimum absolute atomic E-state index is 0.0114. The van der Waals surface area contributed by atoms with Crippen molar-refractivity contribution >= 4 is 23.2 Å². The smallest absolute Gasteiger partial charge is 0.165 e. The molecule has 1 N–H and O–H groups in total. The van der Waals surface area contributed by atoms with Crippen LogP contribution in [0.25, 0.3) is 0 Å². The fourth-order valence-corrected chi connectivity index (χ4v) is 3.19. The van der Waals surface area contributed by atoms with Gasteiger partial charge in [-0.1, -0.05) is 23.2 Å². The number of aromatic nitrogens is 1. The summed E-state index contributed by atoms with van der Waals surface area (Å²) in [6.07, 6.45) is 3.90. The predicted molar refractivity (Wildman–Crippen MR) is 91.6 cm³/mol. The standard InChI is InChI=1S/C17H17Cl2FN2O2/c1-23-15-5-13(19)14(20)6-16(15)24-17(10-2-3-21-7-10)11-4-12(18)9-22-8-11/h4-6,8-10,17,21H,2-3,7H2,1H3/t10?,17-/m0/s1. The molecule has 3 rings (SSSR count). The van der Waals surface area contributed by atoms with Crippen LogP contribution in [0.3, 0.4) is 0 Å². The Balaban J connectivity index is 1.96. The van der Waals surface area contributed by atoms with Crippen LogP contribution in [0.5, 0.6) is 11.5 Å². The number of halogens is 3. The fourth-order valence-electron chi connectivity index (χ4n) is 2.85. The van der Waals surface area contributed by atoms with Crippen LogP contribution in [-0.4, -0.2) is 25.2 Å². The first-order valence-electron chi connectivity index (χ1n) is 7.59. The molecule has 1 aliphatic heterocycles. The molecule has 1 fully saturated rings. The Hall–Kier alpha value is -1.56. The zero-order chi connectivity index (χ0) is 17.1. The third-order valence-corrected chi connectivity index (χ3v) is 4.54. The third-order valence-electron chi connectivity index (χ3n) is 4.04. The van der Waals surface area contributed by atoms with E-state index in [9.17, 15) is 4.39 Å². The van der Waals surface area contributed by atoms with Crippen molar-refractivity contribution in [3.8, 4) is 11.5 Å². The van der Waals surface area contributed by atoms with E-state index in [0.717, 1.165) is 25.1 Å². The molecule has 2 aromatic rings. The van der Waals surface area contributed by atoms with Gasteiger partial charge in [-0.2, -0.15) is 0 Å². The molecule has 2 heterocycles. The summed E-state index contributed by atoms with van der Waals surface area (Å²) in [5.41, 5.74) is 0.841. The minimum atomic E-state index is -0.556. The molecular formula is C17H17Cl2FN2O2. The average Bonchev–Trinajstić information content (AvgIpc) is 3.09. The topological polar surface area (TPSA) is 43.4 Å². The molecule has 2 atom stereocenters. The highest BCUT2D eigenvalue weighted by Crippen LogP contribution is 2.38. The van der Waals surface area contributed by atoms with Gasteiger partial charge in [0.25, 0.3) is 0 Å². The van der Waals surface area contributed by atoms with Crippen molar-refractivity contribution in [3.63, 3.8) is 0 Å². The van der Waals surface area contributed by atoms with Gasteiger partial charge in [0.05, 0.1) is 17.2 Å². The molecule has 0 amide bonds. The quantitative estimate of drug-likeness (QED) is 0.853. The van der Waals surface area contributed by atoms with E-state index in [0.29, 0.717) is 16.5 Å². The van der Waals surface area contributed by atoms with Crippen molar-refractivity contribution in [3.05, 3.63) is 52.0 Å². The normalized spacial score (nSPS) is 18.4. The second-order valence-corrected chi connectivity index (χ2v) is 6.49. The molecule has 0 radical (unpaired) electrons. The highest BCUT2D eigenvalue weighted by atomic mass is 35.5. The molecule has 0 aliphatic carbocycles. The van der Waals surface area contributed by atoms with E-state index in [1.165, 1.54) is 19.2 Å². The lowest BCUT2D eigenvalue weighted by Gasteiger charge is -2.25. The van der Waals surface area contributed by atoms with E-state index < -0.39 is 5.82 Å². The number of pyridine rings is 1. The number of nitrogens with one attached hydrogen (secondary N) is 1. The maximum atomic E-state index is 13.9. The van der Waals surface area contributed by atoms with Gasteiger partial charge in [-0.3, -0.25) is 4.98 Å². The second-order valence-electron chi connectivity index (χ2n) is 5.64. The molecule has 1 aromatic heterocycles. The van der Waals surface area contributed by atoms with E-state index in [2.05, 4.69) is 10.3 Å². The van der Waals surface area contributed by atoms with Crippen molar-refractivity contribution in [2.75, 3.05) is 20.2 Å². The Morgan fingerprint density at radius 2 is 2.08 bits per heavy atom. The molecule has 0 bridgehead atoms. The Morgan fingerprint density at radius 3 is 2.75 bits per heavy atom. The molecule has 1 saturated heterocycles. The summed E-state index contributed by atoms with van der Waals surface area (Å²) in [7, 11) is 1.49. The van der Waals surface area contributed by atoms with E-state index in [-0.39, 0.29) is 17.0 Å². The monoisotopic (exact) mass is 370 g/mol.